The van der Waals surface area contributed by atoms with E-state index in [1.807, 2.05) is 60.0 Å². The monoisotopic (exact) mass is 804 g/mol. The third kappa shape index (κ3) is 7.75. The minimum Gasteiger partial charge on any atom is -0.381 e. The zero-order valence-electron chi connectivity index (χ0n) is 32.3. The molecule has 1 saturated heterocycles. The van der Waals surface area contributed by atoms with Crippen molar-refractivity contribution in [3.63, 3.8) is 0 Å². The fourth-order valence-electron chi connectivity index (χ4n) is 8.03. The third-order valence-corrected chi connectivity index (χ3v) is 12.4. The molecule has 12 nitrogen and oxygen atoms in total. The highest BCUT2D eigenvalue weighted by Gasteiger charge is 2.33. The molecule has 14 heteroatoms. The second-order valence-corrected chi connectivity index (χ2v) is 16.4. The first-order valence-electron chi connectivity index (χ1n) is 19.6. The number of fused-ring (bicyclic) bond motifs is 6. The number of thiophene rings is 1. The lowest BCUT2D eigenvalue weighted by atomic mass is 9.99. The van der Waals surface area contributed by atoms with Crippen LogP contribution in [0.1, 0.15) is 95.8 Å². The number of halogens is 1. The summed E-state index contributed by atoms with van der Waals surface area (Å²) in [6.45, 7) is 8.01. The molecule has 57 heavy (non-hydrogen) atoms. The van der Waals surface area contributed by atoms with Crippen LogP contribution >= 0.6 is 22.9 Å². The number of benzene rings is 2. The van der Waals surface area contributed by atoms with Crippen molar-refractivity contribution in [1.29, 1.82) is 0 Å². The van der Waals surface area contributed by atoms with Gasteiger partial charge in [-0.1, -0.05) is 35.9 Å². The van der Waals surface area contributed by atoms with Crippen molar-refractivity contribution in [2.24, 2.45) is 4.99 Å². The van der Waals surface area contributed by atoms with Crippen LogP contribution in [0, 0.1) is 20.8 Å². The number of rotatable bonds is 14. The van der Waals surface area contributed by atoms with Crippen molar-refractivity contribution in [2.45, 2.75) is 84.2 Å². The molecule has 294 valence electrons. The van der Waals surface area contributed by atoms with Crippen LogP contribution in [-0.2, 0) is 25.5 Å². The number of nitrogens with zero attached hydrogens (tertiary/aromatic N) is 6. The number of amides is 3. The Labute approximate surface area is 339 Å². The molecule has 0 saturated carbocycles. The molecule has 0 spiro atoms. The number of aliphatic imine (C=N–C) groups is 1. The molecule has 0 bridgehead atoms. The average Bonchev–Trinajstić information content (AvgIpc) is 3.81. The van der Waals surface area contributed by atoms with Crippen LogP contribution in [0.25, 0.3) is 26.9 Å². The topological polar surface area (TPSA) is 145 Å². The molecule has 3 amide bonds. The van der Waals surface area contributed by atoms with E-state index in [2.05, 4.69) is 50.3 Å². The maximum atomic E-state index is 13.3. The van der Waals surface area contributed by atoms with Crippen LogP contribution < -0.4 is 10.6 Å². The molecule has 8 rings (SSSR count). The van der Waals surface area contributed by atoms with E-state index in [1.54, 1.807) is 17.5 Å². The van der Waals surface area contributed by atoms with Gasteiger partial charge < -0.3 is 14.6 Å². The molecule has 2 aliphatic heterocycles. The van der Waals surface area contributed by atoms with Crippen LogP contribution in [0.5, 0.6) is 0 Å². The number of pyridine rings is 1. The molecule has 2 N–H and O–H groups in total. The van der Waals surface area contributed by atoms with Gasteiger partial charge in [-0.05, 0) is 101 Å². The summed E-state index contributed by atoms with van der Waals surface area (Å²) in [4.78, 5) is 49.1. The number of carbonyl (C=O) groups excluding carboxylic acids is 3. The molecular weight excluding hydrogens is 760 g/mol. The van der Waals surface area contributed by atoms with Gasteiger partial charge in [0.25, 0.3) is 0 Å². The summed E-state index contributed by atoms with van der Waals surface area (Å²) in [6, 6.07) is 16.9. The number of aryl methyl sites for hydroxylation is 3. The number of carbonyl (C=O) groups is 3. The Hall–Kier alpha value is -5.24. The van der Waals surface area contributed by atoms with Crippen molar-refractivity contribution in [2.75, 3.05) is 19.8 Å². The second-order valence-electron chi connectivity index (χ2n) is 14.8. The lowest BCUT2D eigenvalue weighted by Gasteiger charge is -2.23. The highest BCUT2D eigenvalue weighted by Crippen LogP contribution is 2.40. The molecule has 1 fully saturated rings. The van der Waals surface area contributed by atoms with Gasteiger partial charge in [0.2, 0.25) is 17.7 Å². The van der Waals surface area contributed by atoms with Crippen LogP contribution in [0.3, 0.4) is 0 Å². The number of ether oxygens (including phenoxy) is 1. The van der Waals surface area contributed by atoms with Gasteiger partial charge in [-0.25, -0.2) is 4.98 Å². The number of hydrogen-bond acceptors (Lipinski definition) is 9. The highest BCUT2D eigenvalue weighted by atomic mass is 35.5. The molecule has 2 aromatic carbocycles. The quantitative estimate of drug-likeness (QED) is 0.0852. The molecule has 6 aromatic rings. The Balaban J connectivity index is 0.820. The number of unbranched alkanes of at least 4 members (excludes halogenated alkanes) is 2. The predicted molar refractivity (Wildman–Crippen MR) is 223 cm³/mol. The molecule has 0 aliphatic carbocycles. The summed E-state index contributed by atoms with van der Waals surface area (Å²) in [5.41, 5.74) is 6.86. The molecule has 4 aromatic heterocycles. The Bertz CT molecular complexity index is 2520. The number of hydrogen-bond donors (Lipinski definition) is 2. The first kappa shape index (κ1) is 38.6. The lowest BCUT2D eigenvalue weighted by molar-refractivity contribution is -0.135. The number of piperidine rings is 1. The van der Waals surface area contributed by atoms with Gasteiger partial charge in [-0.15, -0.1) is 21.5 Å². The summed E-state index contributed by atoms with van der Waals surface area (Å²) in [5, 5.41) is 18.3. The van der Waals surface area contributed by atoms with Gasteiger partial charge >= 0.3 is 0 Å². The zero-order valence-corrected chi connectivity index (χ0v) is 33.9. The summed E-state index contributed by atoms with van der Waals surface area (Å²) in [6.07, 6.45) is 7.01. The van der Waals surface area contributed by atoms with Crippen molar-refractivity contribution >= 4 is 68.3 Å². The largest absolute Gasteiger partial charge is 0.381 e. The van der Waals surface area contributed by atoms with Crippen LogP contribution in [0.2, 0.25) is 5.02 Å². The second kappa shape index (κ2) is 16.7. The van der Waals surface area contributed by atoms with Gasteiger partial charge in [0, 0.05) is 64.2 Å². The number of imide groups is 1. The average molecular weight is 805 g/mol. The highest BCUT2D eigenvalue weighted by molar-refractivity contribution is 7.15. The zero-order chi connectivity index (χ0) is 39.6. The summed E-state index contributed by atoms with van der Waals surface area (Å²) < 4.78 is 10.1. The first-order chi connectivity index (χ1) is 27.7. The summed E-state index contributed by atoms with van der Waals surface area (Å²) in [5.74, 6) is 0.836. The van der Waals surface area contributed by atoms with E-state index in [9.17, 15) is 14.4 Å². The Kier molecular flexibility index (Phi) is 11.3. The SMILES string of the molecule is Cc1sc2c(c1C)C(c1ccc(Cl)cc1)=N[C@@H](CC(=O)NCCCCCOCCCc1cccc3c1c1cccnc1n3C1CCC(=O)NC1=O)c1nnc(C)n1-2. The normalized spacial score (nSPS) is 16.7. The van der Waals surface area contributed by atoms with Gasteiger partial charge in [0.1, 0.15) is 28.6 Å². The molecule has 0 radical (unpaired) electrons. The van der Waals surface area contributed by atoms with E-state index in [0.29, 0.717) is 43.4 Å². The van der Waals surface area contributed by atoms with E-state index < -0.39 is 12.1 Å². The van der Waals surface area contributed by atoms with E-state index in [1.165, 1.54) is 10.4 Å². The van der Waals surface area contributed by atoms with Gasteiger partial charge in [0.05, 0.1) is 17.6 Å². The van der Waals surface area contributed by atoms with Crippen molar-refractivity contribution in [3.8, 4) is 5.00 Å². The number of nitrogens with one attached hydrogen (secondary N) is 2. The Morgan fingerprint density at radius 3 is 2.65 bits per heavy atom. The van der Waals surface area contributed by atoms with Crippen LogP contribution in [-0.4, -0.2) is 67.5 Å². The molecule has 2 atom stereocenters. The molecular formula is C43H45ClN8O4S. The van der Waals surface area contributed by atoms with E-state index in [-0.39, 0.29) is 24.1 Å². The van der Waals surface area contributed by atoms with Crippen molar-refractivity contribution < 1.29 is 19.1 Å². The summed E-state index contributed by atoms with van der Waals surface area (Å²) in [7, 11) is 0. The van der Waals surface area contributed by atoms with Crippen LogP contribution in [0.15, 0.2) is 65.8 Å². The first-order valence-corrected chi connectivity index (χ1v) is 20.8. The van der Waals surface area contributed by atoms with E-state index >= 15 is 0 Å². The van der Waals surface area contributed by atoms with Gasteiger partial charge in [-0.2, -0.15) is 0 Å². The van der Waals surface area contributed by atoms with Gasteiger partial charge in [-0.3, -0.25) is 29.3 Å². The lowest BCUT2D eigenvalue weighted by Crippen LogP contribution is -2.41. The Morgan fingerprint density at radius 1 is 1.00 bits per heavy atom. The molecule has 1 unspecified atom stereocenters. The maximum absolute atomic E-state index is 13.3. The third-order valence-electron chi connectivity index (χ3n) is 11.0. The predicted octanol–water partition coefficient (Wildman–Crippen LogP) is 7.61. The minimum atomic E-state index is -0.503. The molecule has 6 heterocycles. The fourth-order valence-corrected chi connectivity index (χ4v) is 9.37. The van der Waals surface area contributed by atoms with Crippen molar-refractivity contribution in [1.82, 2.24) is 34.9 Å². The van der Waals surface area contributed by atoms with Crippen LogP contribution in [0.4, 0.5) is 0 Å². The van der Waals surface area contributed by atoms with E-state index in [0.717, 1.165) is 87.3 Å². The van der Waals surface area contributed by atoms with E-state index in [4.69, 9.17) is 21.3 Å². The van der Waals surface area contributed by atoms with Crippen molar-refractivity contribution in [3.05, 3.63) is 105 Å². The summed E-state index contributed by atoms with van der Waals surface area (Å²) >= 11 is 7.93. The standard InChI is InChI=1S/C43H45ClN8O4S/c1-25-26(2)57-43-37(25)39(29-14-16-30(44)17-15-29)47-32(41-50-49-27(3)51(41)43)24-36(54)45-20-5-4-6-22-56-23-9-11-28-10-7-13-33-38(28)31-12-8-21-46-40(31)52(33)34-18-19-35(53)48-42(34)55/h7-8,10,12-17,21,32,34H,4-6,9,11,18-20,22-24H2,1-3H3,(H,45,54)(H,48,53,55)/t32-,34?/m0/s1. The maximum Gasteiger partial charge on any atom is 0.249 e. The Morgan fingerprint density at radius 2 is 1.82 bits per heavy atom. The smallest absolute Gasteiger partial charge is 0.249 e. The van der Waals surface area contributed by atoms with Gasteiger partial charge in [0.15, 0.2) is 5.82 Å². The number of aromatic nitrogens is 5. The minimum absolute atomic E-state index is 0.0770. The molecule has 2 aliphatic rings. The fraction of sp³-hybridized carbons (Fsp3) is 0.372.